The van der Waals surface area contributed by atoms with Crippen molar-refractivity contribution in [3.8, 4) is 0 Å². The SMILES string of the molecule is CCc1cc(CC)n(CC(C)(N)C(=O)OC(C)(C)C)n1. The van der Waals surface area contributed by atoms with Crippen LogP contribution in [0.4, 0.5) is 0 Å². The van der Waals surface area contributed by atoms with E-state index in [-0.39, 0.29) is 0 Å². The first-order valence-electron chi connectivity index (χ1n) is 7.17. The summed E-state index contributed by atoms with van der Waals surface area (Å²) < 4.78 is 7.20. The Morgan fingerprint density at radius 1 is 1.30 bits per heavy atom. The van der Waals surface area contributed by atoms with Gasteiger partial charge in [-0.3, -0.25) is 4.68 Å². The molecule has 20 heavy (non-hydrogen) atoms. The summed E-state index contributed by atoms with van der Waals surface area (Å²) in [6.07, 6.45) is 1.73. The van der Waals surface area contributed by atoms with Gasteiger partial charge in [0.1, 0.15) is 11.1 Å². The summed E-state index contributed by atoms with van der Waals surface area (Å²) in [4.78, 5) is 12.2. The van der Waals surface area contributed by atoms with Crippen LogP contribution in [0.3, 0.4) is 0 Å². The van der Waals surface area contributed by atoms with E-state index in [1.807, 2.05) is 25.5 Å². The zero-order valence-electron chi connectivity index (χ0n) is 13.5. The van der Waals surface area contributed by atoms with Gasteiger partial charge in [0.25, 0.3) is 0 Å². The van der Waals surface area contributed by atoms with Crippen LogP contribution in [0, 0.1) is 0 Å². The first kappa shape index (κ1) is 16.7. The smallest absolute Gasteiger partial charge is 0.328 e. The van der Waals surface area contributed by atoms with Gasteiger partial charge in [-0.25, -0.2) is 4.79 Å². The number of aromatic nitrogens is 2. The summed E-state index contributed by atoms with van der Waals surface area (Å²) in [5.74, 6) is -0.402. The number of hydrogen-bond donors (Lipinski definition) is 1. The van der Waals surface area contributed by atoms with E-state index in [0.29, 0.717) is 6.54 Å². The van der Waals surface area contributed by atoms with E-state index in [2.05, 4.69) is 25.0 Å². The molecule has 0 fully saturated rings. The number of nitrogens with two attached hydrogens (primary N) is 1. The van der Waals surface area contributed by atoms with Crippen molar-refractivity contribution in [2.45, 2.75) is 72.1 Å². The van der Waals surface area contributed by atoms with Crippen molar-refractivity contribution >= 4 is 5.97 Å². The van der Waals surface area contributed by atoms with Crippen molar-refractivity contribution in [2.75, 3.05) is 0 Å². The second kappa shape index (κ2) is 5.95. The van der Waals surface area contributed by atoms with Crippen LogP contribution in [0.1, 0.15) is 52.9 Å². The van der Waals surface area contributed by atoms with Gasteiger partial charge in [0.05, 0.1) is 12.2 Å². The van der Waals surface area contributed by atoms with Crippen LogP contribution in [0.2, 0.25) is 0 Å². The zero-order chi connectivity index (χ0) is 15.6. The fourth-order valence-electron chi connectivity index (χ4n) is 1.88. The summed E-state index contributed by atoms with van der Waals surface area (Å²) >= 11 is 0. The second-order valence-corrected chi connectivity index (χ2v) is 6.41. The highest BCUT2D eigenvalue weighted by Crippen LogP contribution is 2.16. The summed E-state index contributed by atoms with van der Waals surface area (Å²) in [6, 6.07) is 2.06. The van der Waals surface area contributed by atoms with E-state index >= 15 is 0 Å². The predicted molar refractivity (Wildman–Crippen MR) is 79.4 cm³/mol. The molecular weight excluding hydrogens is 254 g/mol. The van der Waals surface area contributed by atoms with Crippen LogP contribution in [0.15, 0.2) is 6.07 Å². The summed E-state index contributed by atoms with van der Waals surface area (Å²) in [5.41, 5.74) is 6.61. The van der Waals surface area contributed by atoms with Gasteiger partial charge in [0.2, 0.25) is 0 Å². The van der Waals surface area contributed by atoms with Crippen LogP contribution in [-0.2, 0) is 28.9 Å². The molecule has 2 N–H and O–H groups in total. The number of hydrogen-bond acceptors (Lipinski definition) is 4. The van der Waals surface area contributed by atoms with Gasteiger partial charge in [-0.2, -0.15) is 5.10 Å². The van der Waals surface area contributed by atoms with Crippen LogP contribution in [-0.4, -0.2) is 26.9 Å². The molecule has 0 saturated heterocycles. The topological polar surface area (TPSA) is 70.1 Å². The standard InChI is InChI=1S/C15H27N3O2/c1-7-11-9-12(8-2)18(17-11)10-15(6,16)13(19)20-14(3,4)5/h9H,7-8,10,16H2,1-6H3. The number of esters is 1. The molecule has 0 aliphatic carbocycles. The maximum Gasteiger partial charge on any atom is 0.328 e. The third-order valence-electron chi connectivity index (χ3n) is 2.98. The van der Waals surface area contributed by atoms with Crippen molar-refractivity contribution < 1.29 is 9.53 Å². The van der Waals surface area contributed by atoms with Gasteiger partial charge < -0.3 is 10.5 Å². The highest BCUT2D eigenvalue weighted by atomic mass is 16.6. The van der Waals surface area contributed by atoms with Crippen LogP contribution in [0.5, 0.6) is 0 Å². The predicted octanol–water partition coefficient (Wildman–Crippen LogP) is 2.07. The summed E-state index contributed by atoms with van der Waals surface area (Å²) in [7, 11) is 0. The van der Waals surface area contributed by atoms with Crippen molar-refractivity contribution in [1.82, 2.24) is 9.78 Å². The molecular formula is C15H27N3O2. The zero-order valence-corrected chi connectivity index (χ0v) is 13.5. The number of carbonyl (C=O) groups excluding carboxylic acids is 1. The Balaban J connectivity index is 2.90. The van der Waals surface area contributed by atoms with E-state index in [0.717, 1.165) is 24.2 Å². The fraction of sp³-hybridized carbons (Fsp3) is 0.733. The lowest BCUT2D eigenvalue weighted by Crippen LogP contribution is -2.51. The molecule has 1 aromatic heterocycles. The second-order valence-electron chi connectivity index (χ2n) is 6.41. The average molecular weight is 281 g/mol. The first-order chi connectivity index (χ1) is 9.09. The third kappa shape index (κ3) is 4.34. The van der Waals surface area contributed by atoms with Gasteiger partial charge in [0, 0.05) is 5.69 Å². The maximum atomic E-state index is 12.2. The van der Waals surface area contributed by atoms with Gasteiger partial charge in [0.15, 0.2) is 0 Å². The Kier molecular flexibility index (Phi) is 4.97. The van der Waals surface area contributed by atoms with Crippen LogP contribution < -0.4 is 5.73 Å². The molecule has 114 valence electrons. The Morgan fingerprint density at radius 2 is 1.90 bits per heavy atom. The third-order valence-corrected chi connectivity index (χ3v) is 2.98. The molecule has 1 heterocycles. The molecule has 1 rings (SSSR count). The van der Waals surface area contributed by atoms with Crippen molar-refractivity contribution in [2.24, 2.45) is 5.73 Å². The number of aryl methyl sites for hydroxylation is 2. The van der Waals surface area contributed by atoms with Gasteiger partial charge in [-0.15, -0.1) is 0 Å². The Morgan fingerprint density at radius 3 is 2.35 bits per heavy atom. The molecule has 0 spiro atoms. The molecule has 1 aromatic rings. The van der Waals surface area contributed by atoms with Gasteiger partial charge >= 0.3 is 5.97 Å². The fourth-order valence-corrected chi connectivity index (χ4v) is 1.88. The lowest BCUT2D eigenvalue weighted by molar-refractivity contribution is -0.161. The lowest BCUT2D eigenvalue weighted by atomic mass is 10.0. The first-order valence-corrected chi connectivity index (χ1v) is 7.17. The van der Waals surface area contributed by atoms with Crippen molar-refractivity contribution in [1.29, 1.82) is 0 Å². The minimum atomic E-state index is -1.09. The van der Waals surface area contributed by atoms with Crippen molar-refractivity contribution in [3.05, 3.63) is 17.5 Å². The molecule has 0 bridgehead atoms. The minimum Gasteiger partial charge on any atom is -0.459 e. The molecule has 0 saturated carbocycles. The Hall–Kier alpha value is -1.36. The number of nitrogens with zero attached hydrogens (tertiary/aromatic N) is 2. The molecule has 5 nitrogen and oxygen atoms in total. The van der Waals surface area contributed by atoms with Crippen LogP contribution >= 0.6 is 0 Å². The molecule has 0 amide bonds. The van der Waals surface area contributed by atoms with E-state index in [9.17, 15) is 4.79 Å². The largest absolute Gasteiger partial charge is 0.459 e. The van der Waals surface area contributed by atoms with E-state index < -0.39 is 17.1 Å². The van der Waals surface area contributed by atoms with E-state index in [4.69, 9.17) is 10.5 Å². The number of rotatable bonds is 5. The quantitative estimate of drug-likeness (QED) is 0.839. The van der Waals surface area contributed by atoms with Gasteiger partial charge in [-0.05, 0) is 46.6 Å². The summed E-state index contributed by atoms with van der Waals surface area (Å²) in [5, 5.41) is 4.49. The van der Waals surface area contributed by atoms with Crippen molar-refractivity contribution in [3.63, 3.8) is 0 Å². The van der Waals surface area contributed by atoms with Gasteiger partial charge in [-0.1, -0.05) is 13.8 Å². The lowest BCUT2D eigenvalue weighted by Gasteiger charge is -2.28. The van der Waals surface area contributed by atoms with Crippen LogP contribution in [0.25, 0.3) is 0 Å². The Labute approximate surface area is 121 Å². The minimum absolute atomic E-state index is 0.324. The number of carbonyl (C=O) groups is 1. The Bertz CT molecular complexity index is 470. The maximum absolute atomic E-state index is 12.2. The molecule has 0 radical (unpaired) electrons. The molecule has 1 atom stereocenters. The van der Waals surface area contributed by atoms with E-state index in [1.165, 1.54) is 0 Å². The molecule has 0 aromatic carbocycles. The molecule has 0 aliphatic rings. The summed E-state index contributed by atoms with van der Waals surface area (Å²) in [6.45, 7) is 11.6. The molecule has 5 heteroatoms. The van der Waals surface area contributed by atoms with E-state index in [1.54, 1.807) is 6.92 Å². The molecule has 1 unspecified atom stereocenters. The monoisotopic (exact) mass is 281 g/mol. The average Bonchev–Trinajstić information content (AvgIpc) is 2.68. The highest BCUT2D eigenvalue weighted by molar-refractivity contribution is 5.80. The molecule has 0 aliphatic heterocycles. The number of ether oxygens (including phenoxy) is 1. The highest BCUT2D eigenvalue weighted by Gasteiger charge is 2.34. The normalized spacial score (nSPS) is 14.9.